The van der Waals surface area contributed by atoms with Gasteiger partial charge in [0.1, 0.15) is 11.6 Å². The van der Waals surface area contributed by atoms with Crippen LogP contribution in [-0.4, -0.2) is 36.5 Å². The maximum Gasteiger partial charge on any atom is 0.287 e. The Hall–Kier alpha value is -2.14. The molecule has 1 unspecified atom stereocenters. The van der Waals surface area contributed by atoms with E-state index in [2.05, 4.69) is 10.2 Å². The van der Waals surface area contributed by atoms with E-state index in [4.69, 9.17) is 4.42 Å². The van der Waals surface area contributed by atoms with Gasteiger partial charge in [0.05, 0.1) is 5.56 Å². The lowest BCUT2D eigenvalue weighted by atomic mass is 9.97. The Morgan fingerprint density at radius 3 is 2.91 bits per heavy atom. The molecule has 2 fully saturated rings. The van der Waals surface area contributed by atoms with Gasteiger partial charge in [-0.15, -0.1) is 0 Å². The molecule has 1 aromatic carbocycles. The minimum Gasteiger partial charge on any atom is -0.451 e. The van der Waals surface area contributed by atoms with Gasteiger partial charge in [-0.25, -0.2) is 4.39 Å². The van der Waals surface area contributed by atoms with Crippen molar-refractivity contribution in [3.8, 4) is 11.3 Å². The number of carbonyl (C=O) groups excluding carboxylic acids is 1. The molecule has 0 aliphatic carbocycles. The Bertz CT molecular complexity index is 715. The standard InChI is InChI=1S/C18H19FN2O2/c19-15-4-2-1-3-14(15)16-5-6-17(23-16)18(22)20-13-9-12-7-8-21(10-12)11-13/h1-6,12-13H,7-11H2,(H,20,22)/t12-,13+/m1/s1. The van der Waals surface area contributed by atoms with E-state index in [0.717, 1.165) is 26.1 Å². The van der Waals surface area contributed by atoms with Gasteiger partial charge in [-0.3, -0.25) is 4.79 Å². The highest BCUT2D eigenvalue weighted by Crippen LogP contribution is 2.28. The summed E-state index contributed by atoms with van der Waals surface area (Å²) in [7, 11) is 0. The van der Waals surface area contributed by atoms with Gasteiger partial charge in [-0.1, -0.05) is 12.1 Å². The largest absolute Gasteiger partial charge is 0.451 e. The number of nitrogens with one attached hydrogen (secondary N) is 1. The molecule has 5 heteroatoms. The van der Waals surface area contributed by atoms with Crippen LogP contribution in [-0.2, 0) is 0 Å². The summed E-state index contributed by atoms with van der Waals surface area (Å²) in [5, 5.41) is 3.05. The molecule has 1 N–H and O–H groups in total. The number of benzene rings is 1. The van der Waals surface area contributed by atoms with Gasteiger partial charge in [0.2, 0.25) is 0 Å². The molecule has 1 aromatic heterocycles. The van der Waals surface area contributed by atoms with Gasteiger partial charge in [0.15, 0.2) is 5.76 Å². The van der Waals surface area contributed by atoms with Crippen LogP contribution in [0.15, 0.2) is 40.8 Å². The fraction of sp³-hybridized carbons (Fsp3) is 0.389. The summed E-state index contributed by atoms with van der Waals surface area (Å²) in [6, 6.07) is 9.81. The van der Waals surface area contributed by atoms with Crippen LogP contribution in [0, 0.1) is 11.7 Å². The minimum atomic E-state index is -0.356. The zero-order valence-corrected chi connectivity index (χ0v) is 12.8. The van der Waals surface area contributed by atoms with E-state index >= 15 is 0 Å². The number of nitrogens with zero attached hydrogens (tertiary/aromatic N) is 1. The van der Waals surface area contributed by atoms with Crippen LogP contribution < -0.4 is 5.32 Å². The molecule has 4 nitrogen and oxygen atoms in total. The van der Waals surface area contributed by atoms with Crippen LogP contribution >= 0.6 is 0 Å². The van der Waals surface area contributed by atoms with Crippen molar-refractivity contribution in [3.05, 3.63) is 48.0 Å². The molecule has 1 amide bonds. The summed E-state index contributed by atoms with van der Waals surface area (Å²) in [6.45, 7) is 3.20. The fourth-order valence-corrected chi connectivity index (χ4v) is 3.69. The first kappa shape index (κ1) is 14.5. The van der Waals surface area contributed by atoms with Crippen LogP contribution in [0.2, 0.25) is 0 Å². The number of halogens is 1. The first-order valence-corrected chi connectivity index (χ1v) is 8.07. The van der Waals surface area contributed by atoms with Crippen LogP contribution in [0.4, 0.5) is 4.39 Å². The maximum absolute atomic E-state index is 13.8. The molecule has 23 heavy (non-hydrogen) atoms. The SMILES string of the molecule is O=C(N[C@H]1C[C@H]2CCN(C2)C1)c1ccc(-c2ccccc2F)o1. The van der Waals surface area contributed by atoms with Crippen molar-refractivity contribution in [2.24, 2.45) is 5.92 Å². The molecule has 0 saturated carbocycles. The number of hydrogen-bond acceptors (Lipinski definition) is 3. The molecule has 2 aliphatic rings. The number of amides is 1. The summed E-state index contributed by atoms with van der Waals surface area (Å²) in [5.41, 5.74) is 0.369. The van der Waals surface area contributed by atoms with E-state index in [0.29, 0.717) is 17.2 Å². The summed E-state index contributed by atoms with van der Waals surface area (Å²) in [4.78, 5) is 14.8. The van der Waals surface area contributed by atoms with E-state index in [1.807, 2.05) is 0 Å². The predicted octanol–water partition coefficient (Wildman–Crippen LogP) is 2.91. The average molecular weight is 314 g/mol. The Kier molecular flexibility index (Phi) is 3.65. The molecule has 4 rings (SSSR count). The topological polar surface area (TPSA) is 45.5 Å². The van der Waals surface area contributed by atoms with Crippen molar-refractivity contribution in [1.29, 1.82) is 0 Å². The van der Waals surface area contributed by atoms with E-state index in [9.17, 15) is 9.18 Å². The normalized spacial score (nSPS) is 26.2. The molecule has 0 spiro atoms. The summed E-state index contributed by atoms with van der Waals surface area (Å²) < 4.78 is 19.3. The van der Waals surface area contributed by atoms with Gasteiger partial charge in [-0.05, 0) is 49.6 Å². The molecule has 2 aromatic rings. The highest BCUT2D eigenvalue weighted by molar-refractivity contribution is 5.92. The van der Waals surface area contributed by atoms with E-state index < -0.39 is 0 Å². The van der Waals surface area contributed by atoms with Crippen molar-refractivity contribution in [2.45, 2.75) is 18.9 Å². The third kappa shape index (κ3) is 2.88. The third-order valence-corrected chi connectivity index (χ3v) is 4.77. The summed E-state index contributed by atoms with van der Waals surface area (Å²) in [5.74, 6) is 0.724. The molecule has 0 radical (unpaired) electrons. The lowest BCUT2D eigenvalue weighted by Gasteiger charge is -2.30. The van der Waals surface area contributed by atoms with Gasteiger partial charge in [0, 0.05) is 19.1 Å². The van der Waals surface area contributed by atoms with E-state index in [1.165, 1.54) is 12.5 Å². The molecule has 2 aliphatic heterocycles. The van der Waals surface area contributed by atoms with E-state index in [-0.39, 0.29) is 23.5 Å². The predicted molar refractivity (Wildman–Crippen MR) is 84.5 cm³/mol. The third-order valence-electron chi connectivity index (χ3n) is 4.77. The Balaban J connectivity index is 1.46. The van der Waals surface area contributed by atoms with Gasteiger partial charge in [-0.2, -0.15) is 0 Å². The Morgan fingerprint density at radius 1 is 1.22 bits per heavy atom. The van der Waals surface area contributed by atoms with Crippen molar-refractivity contribution < 1.29 is 13.6 Å². The molecule has 120 valence electrons. The summed E-state index contributed by atoms with van der Waals surface area (Å²) in [6.07, 6.45) is 2.26. The fourth-order valence-electron chi connectivity index (χ4n) is 3.69. The Labute approximate surface area is 134 Å². The monoisotopic (exact) mass is 314 g/mol. The second-order valence-corrected chi connectivity index (χ2v) is 6.46. The summed E-state index contributed by atoms with van der Waals surface area (Å²) >= 11 is 0. The van der Waals surface area contributed by atoms with Crippen LogP contribution in [0.25, 0.3) is 11.3 Å². The molecule has 2 bridgehead atoms. The zero-order valence-electron chi connectivity index (χ0n) is 12.8. The second kappa shape index (κ2) is 5.81. The van der Waals surface area contributed by atoms with Crippen LogP contribution in [0.3, 0.4) is 0 Å². The highest BCUT2D eigenvalue weighted by atomic mass is 19.1. The maximum atomic E-state index is 13.8. The second-order valence-electron chi connectivity index (χ2n) is 6.46. The number of hydrogen-bond donors (Lipinski definition) is 1. The van der Waals surface area contributed by atoms with Gasteiger partial charge in [0.25, 0.3) is 5.91 Å². The zero-order chi connectivity index (χ0) is 15.8. The first-order valence-electron chi connectivity index (χ1n) is 8.07. The Morgan fingerprint density at radius 2 is 2.09 bits per heavy atom. The van der Waals surface area contributed by atoms with Crippen molar-refractivity contribution in [2.75, 3.05) is 19.6 Å². The van der Waals surface area contributed by atoms with Gasteiger partial charge < -0.3 is 14.6 Å². The number of furan rings is 1. The van der Waals surface area contributed by atoms with Crippen LogP contribution in [0.5, 0.6) is 0 Å². The molecule has 3 atom stereocenters. The lowest BCUT2D eigenvalue weighted by Crippen LogP contribution is -2.46. The van der Waals surface area contributed by atoms with E-state index in [1.54, 1.807) is 30.3 Å². The molecular formula is C18H19FN2O2. The smallest absolute Gasteiger partial charge is 0.287 e. The van der Waals surface area contributed by atoms with Crippen LogP contribution in [0.1, 0.15) is 23.4 Å². The quantitative estimate of drug-likeness (QED) is 0.947. The van der Waals surface area contributed by atoms with Gasteiger partial charge >= 0.3 is 0 Å². The van der Waals surface area contributed by atoms with Crippen molar-refractivity contribution in [1.82, 2.24) is 10.2 Å². The number of carbonyl (C=O) groups is 1. The molecule has 3 heterocycles. The minimum absolute atomic E-state index is 0.172. The number of fused-ring (bicyclic) bond motifs is 2. The molecular weight excluding hydrogens is 295 g/mol. The number of piperidine rings is 1. The first-order chi connectivity index (χ1) is 11.2. The lowest BCUT2D eigenvalue weighted by molar-refractivity contribution is 0.0882. The molecule has 2 saturated heterocycles. The van der Waals surface area contributed by atoms with Crippen molar-refractivity contribution >= 4 is 5.91 Å². The number of rotatable bonds is 3. The highest BCUT2D eigenvalue weighted by Gasteiger charge is 2.33. The average Bonchev–Trinajstić information content (AvgIpc) is 3.15. The van der Waals surface area contributed by atoms with Crippen molar-refractivity contribution in [3.63, 3.8) is 0 Å².